The van der Waals surface area contributed by atoms with Crippen LogP contribution in [0, 0.1) is 11.8 Å². The largest absolute Gasteiger partial charge is 0.325 e. The number of fused-ring (bicyclic) bond motifs is 6. The van der Waals surface area contributed by atoms with E-state index < -0.39 is 0 Å². The Kier molecular flexibility index (Phi) is 5.20. The van der Waals surface area contributed by atoms with Gasteiger partial charge in [-0.1, -0.05) is 29.7 Å². The van der Waals surface area contributed by atoms with Crippen molar-refractivity contribution in [2.24, 2.45) is 11.8 Å². The third-order valence-electron chi connectivity index (χ3n) is 7.24. The summed E-state index contributed by atoms with van der Waals surface area (Å²) in [6.45, 7) is 4.00. The van der Waals surface area contributed by atoms with E-state index in [4.69, 9.17) is 11.6 Å². The summed E-state index contributed by atoms with van der Waals surface area (Å²) < 4.78 is 0. The molecule has 1 aromatic carbocycles. The quantitative estimate of drug-likeness (QED) is 0.774. The van der Waals surface area contributed by atoms with E-state index in [2.05, 4.69) is 21.2 Å². The van der Waals surface area contributed by atoms with E-state index in [-0.39, 0.29) is 5.91 Å². The predicted octanol–water partition coefficient (Wildman–Crippen LogP) is 4.17. The number of anilines is 1. The molecule has 28 heavy (non-hydrogen) atoms. The number of amides is 1. The number of hydrogen-bond acceptors (Lipinski definition) is 3. The van der Waals surface area contributed by atoms with Crippen LogP contribution in [0.2, 0.25) is 5.02 Å². The summed E-state index contributed by atoms with van der Waals surface area (Å²) >= 11 is 5.95. The van der Waals surface area contributed by atoms with Crippen molar-refractivity contribution < 1.29 is 4.79 Å². The molecule has 1 aromatic rings. The lowest BCUT2D eigenvalue weighted by atomic mass is 9.68. The minimum absolute atomic E-state index is 0.0809. The van der Waals surface area contributed by atoms with Gasteiger partial charge in [-0.15, -0.1) is 0 Å². The molecule has 0 radical (unpaired) electrons. The van der Waals surface area contributed by atoms with Crippen molar-refractivity contribution in [2.45, 2.75) is 50.6 Å². The van der Waals surface area contributed by atoms with Gasteiger partial charge in [0.15, 0.2) is 0 Å². The van der Waals surface area contributed by atoms with Crippen molar-refractivity contribution >= 4 is 23.2 Å². The van der Waals surface area contributed by atoms with Gasteiger partial charge in [0.1, 0.15) is 0 Å². The molecule has 3 fully saturated rings. The number of carbonyl (C=O) groups is 1. The highest BCUT2D eigenvalue weighted by Crippen LogP contribution is 2.44. The maximum Gasteiger partial charge on any atom is 0.238 e. The third kappa shape index (κ3) is 3.62. The summed E-state index contributed by atoms with van der Waals surface area (Å²) in [6, 6.07) is 8.61. The van der Waals surface area contributed by atoms with Crippen LogP contribution in [0.3, 0.4) is 0 Å². The van der Waals surface area contributed by atoms with Crippen LogP contribution in [-0.4, -0.2) is 54.0 Å². The number of halogens is 1. The highest BCUT2D eigenvalue weighted by atomic mass is 35.5. The Bertz CT molecular complexity index is 762. The van der Waals surface area contributed by atoms with Gasteiger partial charge in [-0.05, 0) is 81.3 Å². The molecule has 1 aliphatic carbocycles. The van der Waals surface area contributed by atoms with Crippen LogP contribution in [0.4, 0.5) is 5.69 Å². The lowest BCUT2D eigenvalue weighted by Gasteiger charge is -2.54. The van der Waals surface area contributed by atoms with Crippen molar-refractivity contribution in [1.82, 2.24) is 9.80 Å². The van der Waals surface area contributed by atoms with Crippen LogP contribution in [-0.2, 0) is 4.79 Å². The van der Waals surface area contributed by atoms with Gasteiger partial charge < -0.3 is 5.32 Å². The zero-order valence-electron chi connectivity index (χ0n) is 16.4. The fourth-order valence-corrected chi connectivity index (χ4v) is 6.31. The van der Waals surface area contributed by atoms with E-state index >= 15 is 0 Å². The van der Waals surface area contributed by atoms with Crippen molar-refractivity contribution in [3.05, 3.63) is 40.9 Å². The summed E-state index contributed by atoms with van der Waals surface area (Å²) in [5.74, 6) is 1.51. The van der Waals surface area contributed by atoms with Gasteiger partial charge in [0.25, 0.3) is 0 Å². The van der Waals surface area contributed by atoms with E-state index in [1.807, 2.05) is 24.3 Å². The lowest BCUT2D eigenvalue weighted by molar-refractivity contribution is -0.118. The van der Waals surface area contributed by atoms with Gasteiger partial charge in [0.05, 0.1) is 6.54 Å². The van der Waals surface area contributed by atoms with Crippen LogP contribution in [0.25, 0.3) is 0 Å². The molecule has 3 saturated heterocycles. The minimum Gasteiger partial charge on any atom is -0.325 e. The monoisotopic (exact) mass is 399 g/mol. The summed E-state index contributed by atoms with van der Waals surface area (Å²) in [6.07, 6.45) is 10.4. The van der Waals surface area contributed by atoms with Crippen LogP contribution < -0.4 is 5.32 Å². The molecular formula is C23H30ClN3O. The molecule has 4 atom stereocenters. The fourth-order valence-electron chi connectivity index (χ4n) is 6.18. The van der Waals surface area contributed by atoms with Crippen molar-refractivity contribution in [3.63, 3.8) is 0 Å². The molecule has 0 spiro atoms. The summed E-state index contributed by atoms with van der Waals surface area (Å²) in [4.78, 5) is 17.9. The molecule has 4 nitrogen and oxygen atoms in total. The number of benzene rings is 1. The van der Waals surface area contributed by atoms with Crippen molar-refractivity contribution in [2.75, 3.05) is 31.5 Å². The fraction of sp³-hybridized carbons (Fsp3) is 0.609. The number of nitrogens with one attached hydrogen (secondary N) is 1. The molecule has 3 heterocycles. The molecule has 2 bridgehead atoms. The maximum atomic E-state index is 12.7. The Labute approximate surface area is 172 Å². The standard InChI is InChI=1S/C23H30ClN3O/c24-19-6-8-20(9-7-19)25-22(28)15-27-11-3-4-16-12-17-13-18(23(16)27)14-26-10-2-1-5-21(17)26/h6-9,12,17-18,21,23H,1-5,10-11,13-15H2,(H,25,28)/t17-,18-,21+,23+/m0/s1. The molecule has 5 heteroatoms. The Hall–Kier alpha value is -1.36. The second-order valence-electron chi connectivity index (χ2n) is 9.03. The molecule has 1 amide bonds. The van der Waals surface area contributed by atoms with Gasteiger partial charge in [0, 0.05) is 29.3 Å². The first-order chi connectivity index (χ1) is 13.7. The molecule has 1 N–H and O–H groups in total. The van der Waals surface area contributed by atoms with Gasteiger partial charge in [0.2, 0.25) is 5.91 Å². The van der Waals surface area contributed by atoms with E-state index in [0.29, 0.717) is 23.5 Å². The second-order valence-corrected chi connectivity index (χ2v) is 9.47. The van der Waals surface area contributed by atoms with E-state index in [1.165, 1.54) is 51.6 Å². The van der Waals surface area contributed by atoms with E-state index in [9.17, 15) is 4.79 Å². The summed E-state index contributed by atoms with van der Waals surface area (Å²) in [5, 5.41) is 3.73. The SMILES string of the molecule is O=C(CN1CCCC2=C[C@H]3C[C@@H](CN4CCCC[C@H]34)[C@@H]21)Nc1ccc(Cl)cc1. The van der Waals surface area contributed by atoms with Gasteiger partial charge in [-0.3, -0.25) is 14.6 Å². The van der Waals surface area contributed by atoms with E-state index in [1.54, 1.807) is 5.57 Å². The average molecular weight is 400 g/mol. The summed E-state index contributed by atoms with van der Waals surface area (Å²) in [7, 11) is 0. The molecule has 150 valence electrons. The van der Waals surface area contributed by atoms with E-state index in [0.717, 1.165) is 24.2 Å². The molecule has 0 unspecified atom stereocenters. The van der Waals surface area contributed by atoms with Crippen LogP contribution in [0.1, 0.15) is 38.5 Å². The minimum atomic E-state index is 0.0809. The first kappa shape index (κ1) is 18.7. The Balaban J connectivity index is 1.30. The Morgan fingerprint density at radius 2 is 2.00 bits per heavy atom. The maximum absolute atomic E-state index is 12.7. The number of nitrogens with zero attached hydrogens (tertiary/aromatic N) is 2. The molecule has 0 aromatic heterocycles. The zero-order chi connectivity index (χ0) is 19.1. The number of piperidine rings is 3. The second kappa shape index (κ2) is 7.81. The van der Waals surface area contributed by atoms with Crippen LogP contribution >= 0.6 is 11.6 Å². The van der Waals surface area contributed by atoms with Crippen LogP contribution in [0.5, 0.6) is 0 Å². The topological polar surface area (TPSA) is 35.6 Å². The highest BCUT2D eigenvalue weighted by Gasteiger charge is 2.46. The van der Waals surface area contributed by atoms with Crippen molar-refractivity contribution in [1.29, 1.82) is 0 Å². The van der Waals surface area contributed by atoms with Gasteiger partial charge >= 0.3 is 0 Å². The highest BCUT2D eigenvalue weighted by molar-refractivity contribution is 6.30. The molecule has 4 aliphatic rings. The molecule has 0 saturated carbocycles. The van der Waals surface area contributed by atoms with Gasteiger partial charge in [-0.2, -0.15) is 0 Å². The smallest absolute Gasteiger partial charge is 0.238 e. The van der Waals surface area contributed by atoms with Gasteiger partial charge in [-0.25, -0.2) is 0 Å². The van der Waals surface area contributed by atoms with Crippen LogP contribution in [0.15, 0.2) is 35.9 Å². The molecule has 3 aliphatic heterocycles. The number of carbonyl (C=O) groups excluding carboxylic acids is 1. The summed E-state index contributed by atoms with van der Waals surface area (Å²) in [5.41, 5.74) is 2.44. The molecule has 5 rings (SSSR count). The van der Waals surface area contributed by atoms with Crippen molar-refractivity contribution in [3.8, 4) is 0 Å². The Morgan fingerprint density at radius 3 is 2.86 bits per heavy atom. The normalized spacial score (nSPS) is 32.8. The number of rotatable bonds is 3. The number of likely N-dealkylation sites (tertiary alicyclic amines) is 1. The zero-order valence-corrected chi connectivity index (χ0v) is 17.2. The Morgan fingerprint density at radius 1 is 1.14 bits per heavy atom. The lowest BCUT2D eigenvalue weighted by Crippen LogP contribution is -2.59. The first-order valence-corrected chi connectivity index (χ1v) is 11.3. The average Bonchev–Trinajstić information content (AvgIpc) is 2.70. The third-order valence-corrected chi connectivity index (χ3v) is 7.49. The predicted molar refractivity (Wildman–Crippen MR) is 114 cm³/mol. The number of hydrogen-bond donors (Lipinski definition) is 1. The first-order valence-electron chi connectivity index (χ1n) is 10.9. The molecular weight excluding hydrogens is 370 g/mol.